The summed E-state index contributed by atoms with van der Waals surface area (Å²) in [4.78, 5) is 12.7. The van der Waals surface area contributed by atoms with Crippen molar-refractivity contribution in [1.29, 1.82) is 0 Å². The van der Waals surface area contributed by atoms with Crippen molar-refractivity contribution in [2.24, 2.45) is 7.05 Å². The monoisotopic (exact) mass is 376 g/mol. The van der Waals surface area contributed by atoms with E-state index in [4.69, 9.17) is 4.74 Å². The van der Waals surface area contributed by atoms with Gasteiger partial charge >= 0.3 is 6.18 Å². The fourth-order valence-corrected chi connectivity index (χ4v) is 3.17. The van der Waals surface area contributed by atoms with Crippen molar-refractivity contribution in [3.63, 3.8) is 0 Å². The van der Waals surface area contributed by atoms with Gasteiger partial charge in [-0.1, -0.05) is 6.07 Å². The van der Waals surface area contributed by atoms with Crippen molar-refractivity contribution in [2.45, 2.75) is 11.9 Å². The predicted octanol–water partition coefficient (Wildman–Crippen LogP) is 2.22. The van der Waals surface area contributed by atoms with Crippen LogP contribution < -0.4 is 4.74 Å². The summed E-state index contributed by atoms with van der Waals surface area (Å²) in [7, 11) is -0.815. The van der Waals surface area contributed by atoms with Crippen molar-refractivity contribution in [2.75, 3.05) is 13.4 Å². The lowest BCUT2D eigenvalue weighted by molar-refractivity contribution is -0.137. The van der Waals surface area contributed by atoms with Crippen LogP contribution in [0.5, 0.6) is 5.88 Å². The molecule has 1 aromatic carbocycles. The van der Waals surface area contributed by atoms with Gasteiger partial charge in [0.25, 0.3) is 0 Å². The zero-order valence-corrected chi connectivity index (χ0v) is 14.4. The molecule has 0 radical (unpaired) electrons. The van der Waals surface area contributed by atoms with Crippen LogP contribution in [0.2, 0.25) is 0 Å². The fraction of sp³-hybridized carbons (Fsp3) is 0.333. The number of nitrogens with zero attached hydrogens (tertiary/aromatic N) is 2. The minimum Gasteiger partial charge on any atom is -0.481 e. The summed E-state index contributed by atoms with van der Waals surface area (Å²) in [5.74, 6) is -1.24. The number of hydrogen-bond acceptors (Lipinski definition) is 5. The molecule has 6 nitrogen and oxygen atoms in total. The standard InChI is InChI=1S/C15H15F3N2O4S/c1-20-14(24-2)12(7-19-20)13(21)11-5-4-10(15(16,17)18)6-9(11)8-25(3,22)23/h4-7H,8H2,1-3H3. The third kappa shape index (κ3) is 4.19. The number of hydrogen-bond donors (Lipinski definition) is 0. The van der Waals surface area contributed by atoms with E-state index in [9.17, 15) is 26.4 Å². The molecule has 0 amide bonds. The topological polar surface area (TPSA) is 78.3 Å². The van der Waals surface area contributed by atoms with Crippen LogP contribution in [0, 0.1) is 0 Å². The highest BCUT2D eigenvalue weighted by molar-refractivity contribution is 7.89. The van der Waals surface area contributed by atoms with E-state index in [0.717, 1.165) is 18.4 Å². The smallest absolute Gasteiger partial charge is 0.416 e. The zero-order valence-electron chi connectivity index (χ0n) is 13.6. The van der Waals surface area contributed by atoms with Crippen molar-refractivity contribution < 1.29 is 31.1 Å². The SMILES string of the molecule is COc1c(C(=O)c2ccc(C(F)(F)F)cc2CS(C)(=O)=O)cnn1C. The van der Waals surface area contributed by atoms with E-state index >= 15 is 0 Å². The molecule has 2 rings (SSSR count). The Morgan fingerprint density at radius 2 is 1.92 bits per heavy atom. The van der Waals surface area contributed by atoms with Crippen LogP contribution in [0.1, 0.15) is 27.0 Å². The lowest BCUT2D eigenvalue weighted by Crippen LogP contribution is -2.13. The van der Waals surface area contributed by atoms with E-state index in [-0.39, 0.29) is 22.6 Å². The Balaban J connectivity index is 2.61. The zero-order chi connectivity index (χ0) is 19.0. The average Bonchev–Trinajstić information content (AvgIpc) is 2.84. The van der Waals surface area contributed by atoms with E-state index in [1.807, 2.05) is 0 Å². The van der Waals surface area contributed by atoms with Gasteiger partial charge in [-0.3, -0.25) is 4.79 Å². The van der Waals surface area contributed by atoms with E-state index in [1.54, 1.807) is 0 Å². The number of aryl methyl sites for hydroxylation is 1. The van der Waals surface area contributed by atoms with Crippen LogP contribution in [-0.4, -0.2) is 37.3 Å². The molecule has 0 N–H and O–H groups in total. The molecule has 2 aromatic rings. The Labute approximate surface area is 142 Å². The van der Waals surface area contributed by atoms with Crippen molar-refractivity contribution in [3.05, 3.63) is 46.6 Å². The Morgan fingerprint density at radius 3 is 2.44 bits per heavy atom. The number of sulfone groups is 1. The lowest BCUT2D eigenvalue weighted by atomic mass is 9.98. The fourth-order valence-electron chi connectivity index (χ4n) is 2.36. The summed E-state index contributed by atoms with van der Waals surface area (Å²) in [5, 5.41) is 3.87. The minimum atomic E-state index is -4.65. The number of halogens is 3. The van der Waals surface area contributed by atoms with Gasteiger partial charge in [0.05, 0.1) is 24.6 Å². The van der Waals surface area contributed by atoms with Crippen LogP contribution in [0.25, 0.3) is 0 Å². The first-order valence-corrected chi connectivity index (χ1v) is 8.98. The molecule has 0 bridgehead atoms. The molecule has 0 fully saturated rings. The number of rotatable bonds is 5. The maximum absolute atomic E-state index is 12.9. The summed E-state index contributed by atoms with van der Waals surface area (Å²) in [6.07, 6.45) is -2.56. The first kappa shape index (κ1) is 19.0. The molecule has 136 valence electrons. The normalized spacial score (nSPS) is 12.2. The highest BCUT2D eigenvalue weighted by Gasteiger charge is 2.32. The Hall–Kier alpha value is -2.36. The van der Waals surface area contributed by atoms with E-state index in [0.29, 0.717) is 6.07 Å². The van der Waals surface area contributed by atoms with Gasteiger partial charge in [0.1, 0.15) is 5.56 Å². The summed E-state index contributed by atoms with van der Waals surface area (Å²) < 4.78 is 68.2. The molecular weight excluding hydrogens is 361 g/mol. The highest BCUT2D eigenvalue weighted by Crippen LogP contribution is 2.32. The van der Waals surface area contributed by atoms with Gasteiger partial charge in [-0.15, -0.1) is 0 Å². The maximum atomic E-state index is 12.9. The molecule has 0 spiro atoms. The average molecular weight is 376 g/mol. The first-order valence-electron chi connectivity index (χ1n) is 6.92. The van der Waals surface area contributed by atoms with Gasteiger partial charge in [-0.2, -0.15) is 18.3 Å². The maximum Gasteiger partial charge on any atom is 0.416 e. The predicted molar refractivity (Wildman–Crippen MR) is 83.2 cm³/mol. The Bertz CT molecular complexity index is 917. The molecule has 10 heteroatoms. The van der Waals surface area contributed by atoms with Crippen molar-refractivity contribution in [1.82, 2.24) is 9.78 Å². The third-order valence-electron chi connectivity index (χ3n) is 3.42. The van der Waals surface area contributed by atoms with Gasteiger partial charge in [0, 0.05) is 18.9 Å². The second-order valence-corrected chi connectivity index (χ2v) is 7.60. The van der Waals surface area contributed by atoms with Crippen molar-refractivity contribution in [3.8, 4) is 5.88 Å². The molecule has 0 saturated heterocycles. The number of benzene rings is 1. The van der Waals surface area contributed by atoms with Crippen molar-refractivity contribution >= 4 is 15.6 Å². The van der Waals surface area contributed by atoms with Crippen LogP contribution in [0.15, 0.2) is 24.4 Å². The minimum absolute atomic E-state index is 0.0273. The number of ether oxygens (including phenoxy) is 1. The molecule has 0 aliphatic heterocycles. The second-order valence-electron chi connectivity index (χ2n) is 5.46. The molecule has 0 aliphatic rings. The first-order chi connectivity index (χ1) is 11.4. The molecule has 0 atom stereocenters. The molecule has 0 aliphatic carbocycles. The number of ketones is 1. The van der Waals surface area contributed by atoms with Gasteiger partial charge < -0.3 is 4.74 Å². The van der Waals surface area contributed by atoms with E-state index in [1.165, 1.54) is 25.0 Å². The summed E-state index contributed by atoms with van der Waals surface area (Å²) >= 11 is 0. The quantitative estimate of drug-likeness (QED) is 0.748. The van der Waals surface area contributed by atoms with Crippen LogP contribution in [0.3, 0.4) is 0 Å². The summed E-state index contributed by atoms with van der Waals surface area (Å²) in [6, 6.07) is 2.39. The number of carbonyl (C=O) groups is 1. The van der Waals surface area contributed by atoms with Crippen LogP contribution in [-0.2, 0) is 28.8 Å². The lowest BCUT2D eigenvalue weighted by Gasteiger charge is -2.13. The van der Waals surface area contributed by atoms with Crippen LogP contribution in [0.4, 0.5) is 13.2 Å². The van der Waals surface area contributed by atoms with E-state index in [2.05, 4.69) is 5.10 Å². The second kappa shape index (κ2) is 6.51. The van der Waals surface area contributed by atoms with Gasteiger partial charge in [-0.05, 0) is 17.7 Å². The molecule has 1 heterocycles. The molecule has 0 saturated carbocycles. The Morgan fingerprint density at radius 1 is 1.28 bits per heavy atom. The molecule has 0 unspecified atom stereocenters. The number of alkyl halides is 3. The van der Waals surface area contributed by atoms with Gasteiger partial charge in [0.2, 0.25) is 5.88 Å². The number of aromatic nitrogens is 2. The molecule has 25 heavy (non-hydrogen) atoms. The highest BCUT2D eigenvalue weighted by atomic mass is 32.2. The summed E-state index contributed by atoms with van der Waals surface area (Å²) in [5.41, 5.74) is -1.38. The molecular formula is C15H15F3N2O4S. The number of methoxy groups -OCH3 is 1. The Kier molecular flexibility index (Phi) is 4.94. The third-order valence-corrected chi connectivity index (χ3v) is 4.25. The van der Waals surface area contributed by atoms with Gasteiger partial charge in [-0.25, -0.2) is 13.1 Å². The molecule has 1 aromatic heterocycles. The summed E-state index contributed by atoms with van der Waals surface area (Å²) in [6.45, 7) is 0. The van der Waals surface area contributed by atoms with E-state index < -0.39 is 33.1 Å². The van der Waals surface area contributed by atoms with Gasteiger partial charge in [0.15, 0.2) is 15.6 Å². The largest absolute Gasteiger partial charge is 0.481 e. The number of carbonyl (C=O) groups excluding carboxylic acids is 1. The van der Waals surface area contributed by atoms with Crippen LogP contribution >= 0.6 is 0 Å².